The lowest BCUT2D eigenvalue weighted by Crippen LogP contribution is -2.41. The SMILES string of the molecule is CCC1CCC(=O)C(CN2CCCC2C(C)C)C1. The number of nitrogens with zero attached hydrogens (tertiary/aromatic N) is 1. The van der Waals surface area contributed by atoms with Gasteiger partial charge in [-0.3, -0.25) is 9.69 Å². The normalized spacial score (nSPS) is 34.4. The third kappa shape index (κ3) is 3.14. The molecule has 1 saturated heterocycles. The zero-order valence-corrected chi connectivity index (χ0v) is 12.3. The summed E-state index contributed by atoms with van der Waals surface area (Å²) >= 11 is 0. The molecule has 0 aromatic rings. The van der Waals surface area contributed by atoms with Gasteiger partial charge in [-0.15, -0.1) is 0 Å². The van der Waals surface area contributed by atoms with Gasteiger partial charge in [-0.25, -0.2) is 0 Å². The maximum absolute atomic E-state index is 12.1. The van der Waals surface area contributed by atoms with E-state index in [4.69, 9.17) is 0 Å². The number of hydrogen-bond acceptors (Lipinski definition) is 2. The van der Waals surface area contributed by atoms with Gasteiger partial charge in [0.25, 0.3) is 0 Å². The number of rotatable bonds is 4. The third-order valence-corrected chi connectivity index (χ3v) is 5.09. The van der Waals surface area contributed by atoms with Gasteiger partial charge in [-0.05, 0) is 44.1 Å². The zero-order valence-electron chi connectivity index (χ0n) is 12.3. The van der Waals surface area contributed by atoms with Gasteiger partial charge < -0.3 is 0 Å². The highest BCUT2D eigenvalue weighted by molar-refractivity contribution is 5.82. The van der Waals surface area contributed by atoms with Crippen molar-refractivity contribution in [2.24, 2.45) is 17.8 Å². The molecule has 1 saturated carbocycles. The van der Waals surface area contributed by atoms with E-state index in [9.17, 15) is 4.79 Å². The molecule has 0 N–H and O–H groups in total. The number of ketones is 1. The van der Waals surface area contributed by atoms with Gasteiger partial charge in [0.15, 0.2) is 0 Å². The minimum Gasteiger partial charge on any atom is -0.299 e. The van der Waals surface area contributed by atoms with Crippen molar-refractivity contribution in [2.45, 2.75) is 65.3 Å². The average molecular weight is 251 g/mol. The Morgan fingerprint density at radius 2 is 2.11 bits per heavy atom. The predicted molar refractivity (Wildman–Crippen MR) is 75.6 cm³/mol. The summed E-state index contributed by atoms with van der Waals surface area (Å²) in [6.07, 6.45) is 7.02. The second-order valence-corrected chi connectivity index (χ2v) is 6.66. The van der Waals surface area contributed by atoms with Gasteiger partial charge in [0.05, 0.1) is 0 Å². The summed E-state index contributed by atoms with van der Waals surface area (Å²) < 4.78 is 0. The smallest absolute Gasteiger partial charge is 0.137 e. The van der Waals surface area contributed by atoms with E-state index in [1.807, 2.05) is 0 Å². The van der Waals surface area contributed by atoms with Gasteiger partial charge in [-0.2, -0.15) is 0 Å². The van der Waals surface area contributed by atoms with Crippen molar-refractivity contribution in [1.82, 2.24) is 4.90 Å². The van der Waals surface area contributed by atoms with Crippen LogP contribution in [0.5, 0.6) is 0 Å². The maximum atomic E-state index is 12.1. The summed E-state index contributed by atoms with van der Waals surface area (Å²) in [4.78, 5) is 14.7. The van der Waals surface area contributed by atoms with Crippen LogP contribution in [0.4, 0.5) is 0 Å². The molecule has 0 aromatic carbocycles. The number of hydrogen-bond donors (Lipinski definition) is 0. The lowest BCUT2D eigenvalue weighted by molar-refractivity contribution is -0.126. The first-order valence-corrected chi connectivity index (χ1v) is 7.88. The van der Waals surface area contributed by atoms with Gasteiger partial charge in [-0.1, -0.05) is 27.2 Å². The number of carbonyl (C=O) groups excluding carboxylic acids is 1. The second kappa shape index (κ2) is 6.18. The Morgan fingerprint density at radius 3 is 2.78 bits per heavy atom. The Morgan fingerprint density at radius 1 is 1.33 bits per heavy atom. The third-order valence-electron chi connectivity index (χ3n) is 5.09. The van der Waals surface area contributed by atoms with Crippen LogP contribution in [0.3, 0.4) is 0 Å². The molecule has 104 valence electrons. The quantitative estimate of drug-likeness (QED) is 0.762. The van der Waals surface area contributed by atoms with Crippen molar-refractivity contribution >= 4 is 5.78 Å². The van der Waals surface area contributed by atoms with Crippen molar-refractivity contribution < 1.29 is 4.79 Å². The summed E-state index contributed by atoms with van der Waals surface area (Å²) in [7, 11) is 0. The van der Waals surface area contributed by atoms with Crippen molar-refractivity contribution in [3.05, 3.63) is 0 Å². The van der Waals surface area contributed by atoms with E-state index in [1.165, 1.54) is 25.8 Å². The highest BCUT2D eigenvalue weighted by atomic mass is 16.1. The highest BCUT2D eigenvalue weighted by Crippen LogP contribution is 2.32. The van der Waals surface area contributed by atoms with Crippen LogP contribution in [0.1, 0.15) is 59.3 Å². The van der Waals surface area contributed by atoms with E-state index in [2.05, 4.69) is 25.7 Å². The Kier molecular flexibility index (Phi) is 4.83. The van der Waals surface area contributed by atoms with E-state index in [0.717, 1.165) is 43.7 Å². The standard InChI is InChI=1S/C16H29NO/c1-4-13-7-8-16(18)14(10-13)11-17-9-5-6-15(17)12(2)3/h12-15H,4-11H2,1-3H3. The van der Waals surface area contributed by atoms with Crippen LogP contribution in [0.25, 0.3) is 0 Å². The maximum Gasteiger partial charge on any atom is 0.137 e. The molecule has 1 aliphatic carbocycles. The molecule has 0 bridgehead atoms. The molecule has 2 rings (SSSR count). The Hall–Kier alpha value is -0.370. The van der Waals surface area contributed by atoms with Crippen LogP contribution in [0.15, 0.2) is 0 Å². The molecule has 3 unspecified atom stereocenters. The van der Waals surface area contributed by atoms with E-state index in [0.29, 0.717) is 11.7 Å². The fraction of sp³-hybridized carbons (Fsp3) is 0.938. The Balaban J connectivity index is 1.92. The topological polar surface area (TPSA) is 20.3 Å². The lowest BCUT2D eigenvalue weighted by Gasteiger charge is -2.34. The molecule has 0 radical (unpaired) electrons. The fourth-order valence-electron chi connectivity index (χ4n) is 3.87. The first kappa shape index (κ1) is 14.0. The molecule has 18 heavy (non-hydrogen) atoms. The van der Waals surface area contributed by atoms with Gasteiger partial charge in [0.1, 0.15) is 5.78 Å². The molecule has 1 heterocycles. The predicted octanol–water partition coefficient (Wildman–Crippen LogP) is 3.50. The monoisotopic (exact) mass is 251 g/mol. The number of likely N-dealkylation sites (tertiary alicyclic amines) is 1. The lowest BCUT2D eigenvalue weighted by atomic mass is 9.79. The van der Waals surface area contributed by atoms with E-state index >= 15 is 0 Å². The fourth-order valence-corrected chi connectivity index (χ4v) is 3.87. The minimum absolute atomic E-state index is 0.336. The molecule has 0 spiro atoms. The van der Waals surface area contributed by atoms with Crippen LogP contribution in [0.2, 0.25) is 0 Å². The van der Waals surface area contributed by atoms with Gasteiger partial charge in [0.2, 0.25) is 0 Å². The Bertz CT molecular complexity index is 287. The summed E-state index contributed by atoms with van der Waals surface area (Å²) in [5, 5.41) is 0. The number of Topliss-reactive ketones (excluding diaryl/α,β-unsaturated/α-hetero) is 1. The average Bonchev–Trinajstić information content (AvgIpc) is 2.80. The molecular formula is C16H29NO. The van der Waals surface area contributed by atoms with E-state index < -0.39 is 0 Å². The summed E-state index contributed by atoms with van der Waals surface area (Å²) in [6.45, 7) is 9.16. The summed E-state index contributed by atoms with van der Waals surface area (Å²) in [5.74, 6) is 2.40. The van der Waals surface area contributed by atoms with Crippen molar-refractivity contribution in [3.63, 3.8) is 0 Å². The first-order valence-electron chi connectivity index (χ1n) is 7.88. The van der Waals surface area contributed by atoms with Gasteiger partial charge in [0, 0.05) is 24.9 Å². The molecule has 2 heteroatoms. The van der Waals surface area contributed by atoms with Crippen LogP contribution >= 0.6 is 0 Å². The van der Waals surface area contributed by atoms with E-state index in [1.54, 1.807) is 0 Å². The molecule has 2 fully saturated rings. The summed E-state index contributed by atoms with van der Waals surface area (Å²) in [6, 6.07) is 0.722. The molecule has 3 atom stereocenters. The van der Waals surface area contributed by atoms with Crippen molar-refractivity contribution in [2.75, 3.05) is 13.1 Å². The molecular weight excluding hydrogens is 222 g/mol. The van der Waals surface area contributed by atoms with Crippen molar-refractivity contribution in [3.8, 4) is 0 Å². The molecule has 1 aliphatic heterocycles. The Labute approximate surface area is 112 Å². The van der Waals surface area contributed by atoms with Crippen molar-refractivity contribution in [1.29, 1.82) is 0 Å². The molecule has 0 aromatic heterocycles. The summed E-state index contributed by atoms with van der Waals surface area (Å²) in [5.41, 5.74) is 0. The zero-order chi connectivity index (χ0) is 13.1. The van der Waals surface area contributed by atoms with E-state index in [-0.39, 0.29) is 0 Å². The van der Waals surface area contributed by atoms with Crippen LogP contribution in [-0.2, 0) is 4.79 Å². The van der Waals surface area contributed by atoms with Crippen LogP contribution < -0.4 is 0 Å². The second-order valence-electron chi connectivity index (χ2n) is 6.66. The van der Waals surface area contributed by atoms with Gasteiger partial charge >= 0.3 is 0 Å². The minimum atomic E-state index is 0.336. The van der Waals surface area contributed by atoms with Crippen LogP contribution in [0, 0.1) is 17.8 Å². The molecule has 0 amide bonds. The molecule has 2 nitrogen and oxygen atoms in total. The van der Waals surface area contributed by atoms with Crippen LogP contribution in [-0.4, -0.2) is 29.8 Å². The number of carbonyl (C=O) groups is 1. The largest absolute Gasteiger partial charge is 0.299 e. The molecule has 2 aliphatic rings. The first-order chi connectivity index (χ1) is 8.61. The highest BCUT2D eigenvalue weighted by Gasteiger charge is 2.33.